The maximum atomic E-state index is 13.4. The van der Waals surface area contributed by atoms with Crippen LogP contribution in [0.2, 0.25) is 0 Å². The zero-order valence-electron chi connectivity index (χ0n) is 14.2. The van der Waals surface area contributed by atoms with Crippen LogP contribution >= 0.6 is 15.9 Å². The molecular formula is C17H17BrF2N4O3. The second kappa shape index (κ2) is 8.03. The number of nitrogens with one attached hydrogen (secondary N) is 2. The highest BCUT2D eigenvalue weighted by Crippen LogP contribution is 2.24. The van der Waals surface area contributed by atoms with Crippen molar-refractivity contribution in [1.82, 2.24) is 14.9 Å². The van der Waals surface area contributed by atoms with Crippen LogP contribution in [0.25, 0.3) is 0 Å². The number of rotatable bonds is 5. The Hall–Kier alpha value is -2.49. The normalized spacial score (nSPS) is 16.6. The summed E-state index contributed by atoms with van der Waals surface area (Å²) in [5, 5.41) is 2.76. The number of hydrogen-bond acceptors (Lipinski definition) is 4. The molecule has 1 aromatic carbocycles. The first-order chi connectivity index (χ1) is 12.8. The molecule has 0 radical (unpaired) electrons. The van der Waals surface area contributed by atoms with Gasteiger partial charge in [-0.3, -0.25) is 19.1 Å². The summed E-state index contributed by atoms with van der Waals surface area (Å²) in [6, 6.07) is 3.79. The van der Waals surface area contributed by atoms with Crippen LogP contribution in [0.1, 0.15) is 6.42 Å². The van der Waals surface area contributed by atoms with Crippen LogP contribution in [-0.2, 0) is 11.3 Å². The fourth-order valence-corrected chi connectivity index (χ4v) is 3.33. The molecule has 2 aromatic rings. The number of amides is 1. The maximum absolute atomic E-state index is 13.4. The summed E-state index contributed by atoms with van der Waals surface area (Å²) in [6.45, 7) is 1.47. The first-order valence-electron chi connectivity index (χ1n) is 8.29. The zero-order valence-corrected chi connectivity index (χ0v) is 15.8. The van der Waals surface area contributed by atoms with Gasteiger partial charge in [0.1, 0.15) is 6.54 Å². The number of anilines is 1. The summed E-state index contributed by atoms with van der Waals surface area (Å²) in [5.41, 5.74) is -0.615. The van der Waals surface area contributed by atoms with Gasteiger partial charge in [-0.25, -0.2) is 13.6 Å². The maximum Gasteiger partial charge on any atom is 0.328 e. The number of H-pyrrole nitrogens is 1. The number of hydrogen-bond donors (Lipinski definition) is 2. The van der Waals surface area contributed by atoms with Crippen LogP contribution in [0.4, 0.5) is 14.5 Å². The van der Waals surface area contributed by atoms with E-state index in [1.807, 2.05) is 4.90 Å². The van der Waals surface area contributed by atoms with Gasteiger partial charge >= 0.3 is 5.69 Å². The number of carbonyl (C=O) groups excluding carboxylic acids is 1. The molecular weight excluding hydrogens is 426 g/mol. The number of carbonyl (C=O) groups is 1. The number of nitrogens with zero attached hydrogens (tertiary/aromatic N) is 2. The molecule has 2 heterocycles. The molecule has 1 aliphatic rings. The molecule has 2 N–H and O–H groups in total. The summed E-state index contributed by atoms with van der Waals surface area (Å²) in [7, 11) is 0. The summed E-state index contributed by atoms with van der Waals surface area (Å²) < 4.78 is 27.7. The van der Waals surface area contributed by atoms with Crippen LogP contribution in [0.3, 0.4) is 0 Å². The largest absolute Gasteiger partial charge is 0.371 e. The van der Waals surface area contributed by atoms with E-state index in [0.29, 0.717) is 25.3 Å². The minimum Gasteiger partial charge on any atom is -0.371 e. The molecule has 1 atom stereocenters. The highest BCUT2D eigenvalue weighted by atomic mass is 79.9. The molecule has 1 fully saturated rings. The molecule has 1 saturated heterocycles. The van der Waals surface area contributed by atoms with Gasteiger partial charge in [0.25, 0.3) is 5.56 Å². The van der Waals surface area contributed by atoms with E-state index < -0.39 is 22.9 Å². The molecule has 0 aliphatic carbocycles. The lowest BCUT2D eigenvalue weighted by molar-refractivity contribution is -0.121. The van der Waals surface area contributed by atoms with E-state index in [-0.39, 0.29) is 22.8 Å². The van der Waals surface area contributed by atoms with Gasteiger partial charge < -0.3 is 10.2 Å². The van der Waals surface area contributed by atoms with Crippen molar-refractivity contribution in [2.24, 2.45) is 5.92 Å². The molecule has 1 unspecified atom stereocenters. The lowest BCUT2D eigenvalue weighted by atomic mass is 10.1. The van der Waals surface area contributed by atoms with Crippen molar-refractivity contribution in [3.05, 3.63) is 61.3 Å². The molecule has 3 rings (SSSR count). The quantitative estimate of drug-likeness (QED) is 0.728. The minimum atomic E-state index is -0.887. The highest BCUT2D eigenvalue weighted by molar-refractivity contribution is 9.10. The summed E-state index contributed by atoms with van der Waals surface area (Å²) in [6.07, 6.45) is 2.06. The Morgan fingerprint density at radius 3 is 2.81 bits per heavy atom. The predicted molar refractivity (Wildman–Crippen MR) is 98.7 cm³/mol. The van der Waals surface area contributed by atoms with Gasteiger partial charge in [-0.1, -0.05) is 0 Å². The molecule has 10 heteroatoms. The van der Waals surface area contributed by atoms with Gasteiger partial charge in [0, 0.05) is 37.6 Å². The van der Waals surface area contributed by atoms with Crippen LogP contribution in [0, 0.1) is 17.6 Å². The molecule has 1 aliphatic heterocycles. The molecule has 0 saturated carbocycles. The van der Waals surface area contributed by atoms with E-state index in [0.717, 1.165) is 23.1 Å². The van der Waals surface area contributed by atoms with Crippen LogP contribution in [0.15, 0.2) is 38.5 Å². The third-order valence-electron chi connectivity index (χ3n) is 4.42. The van der Waals surface area contributed by atoms with E-state index in [9.17, 15) is 23.2 Å². The lowest BCUT2D eigenvalue weighted by Gasteiger charge is -2.19. The van der Waals surface area contributed by atoms with Crippen molar-refractivity contribution in [1.29, 1.82) is 0 Å². The Bertz CT molecular complexity index is 975. The molecule has 7 nitrogen and oxygen atoms in total. The van der Waals surface area contributed by atoms with Crippen LogP contribution in [-0.4, -0.2) is 35.1 Å². The number of aromatic nitrogens is 2. The van der Waals surface area contributed by atoms with E-state index in [1.54, 1.807) is 0 Å². The number of benzene rings is 1. The second-order valence-electron chi connectivity index (χ2n) is 6.37. The summed E-state index contributed by atoms with van der Waals surface area (Å²) >= 11 is 3.01. The van der Waals surface area contributed by atoms with Crippen molar-refractivity contribution in [3.8, 4) is 0 Å². The van der Waals surface area contributed by atoms with E-state index in [2.05, 4.69) is 26.2 Å². The van der Waals surface area contributed by atoms with Crippen molar-refractivity contribution >= 4 is 27.5 Å². The third-order valence-corrected chi connectivity index (χ3v) is 4.99. The lowest BCUT2D eigenvalue weighted by Crippen LogP contribution is -2.38. The van der Waals surface area contributed by atoms with E-state index >= 15 is 0 Å². The van der Waals surface area contributed by atoms with Gasteiger partial charge in [0.15, 0.2) is 11.6 Å². The number of aromatic amines is 1. The minimum absolute atomic E-state index is 0.154. The standard InChI is InChI=1S/C17H17BrF2N4O3/c18-12-8-24(17(27)22-16(12)26)9-15(25)21-6-10-3-4-23(7-10)11-1-2-13(19)14(20)5-11/h1-2,5,8,10H,3-4,6-7,9H2,(H,21,25)(H,22,26,27). The molecule has 1 aromatic heterocycles. The molecule has 1 amide bonds. The Morgan fingerprint density at radius 1 is 1.30 bits per heavy atom. The molecule has 144 valence electrons. The van der Waals surface area contributed by atoms with Gasteiger partial charge in [-0.05, 0) is 40.4 Å². The van der Waals surface area contributed by atoms with Crippen molar-refractivity contribution in [2.75, 3.05) is 24.5 Å². The fourth-order valence-electron chi connectivity index (χ4n) is 2.98. The van der Waals surface area contributed by atoms with Crippen LogP contribution in [0.5, 0.6) is 0 Å². The highest BCUT2D eigenvalue weighted by Gasteiger charge is 2.24. The average Bonchev–Trinajstić information content (AvgIpc) is 3.09. The predicted octanol–water partition coefficient (Wildman–Crippen LogP) is 1.22. The van der Waals surface area contributed by atoms with Crippen molar-refractivity contribution < 1.29 is 13.6 Å². The summed E-state index contributed by atoms with van der Waals surface area (Å²) in [5.74, 6) is -1.98. The molecule has 0 spiro atoms. The number of halogens is 3. The zero-order chi connectivity index (χ0) is 19.6. The van der Waals surface area contributed by atoms with Crippen LogP contribution < -0.4 is 21.5 Å². The van der Waals surface area contributed by atoms with Crippen molar-refractivity contribution in [2.45, 2.75) is 13.0 Å². The first-order valence-corrected chi connectivity index (χ1v) is 9.08. The van der Waals surface area contributed by atoms with Crippen molar-refractivity contribution in [3.63, 3.8) is 0 Å². The Labute approximate surface area is 161 Å². The van der Waals surface area contributed by atoms with Gasteiger partial charge in [-0.2, -0.15) is 0 Å². The Kier molecular flexibility index (Phi) is 5.73. The topological polar surface area (TPSA) is 87.2 Å². The smallest absolute Gasteiger partial charge is 0.328 e. The Morgan fingerprint density at radius 2 is 2.07 bits per heavy atom. The van der Waals surface area contributed by atoms with E-state index in [1.165, 1.54) is 12.3 Å². The SMILES string of the molecule is O=C(Cn1cc(Br)c(=O)[nH]c1=O)NCC1CCN(c2ccc(F)c(F)c2)C1. The average molecular weight is 443 g/mol. The second-order valence-corrected chi connectivity index (χ2v) is 7.22. The fraction of sp³-hybridized carbons (Fsp3) is 0.353. The monoisotopic (exact) mass is 442 g/mol. The van der Waals surface area contributed by atoms with E-state index in [4.69, 9.17) is 0 Å². The molecule has 0 bridgehead atoms. The summed E-state index contributed by atoms with van der Waals surface area (Å²) in [4.78, 5) is 39.1. The third kappa shape index (κ3) is 4.62. The molecule has 27 heavy (non-hydrogen) atoms. The van der Waals surface area contributed by atoms with Gasteiger partial charge in [0.05, 0.1) is 4.47 Å². The first kappa shape index (κ1) is 19.3. The Balaban J connectivity index is 1.53. The van der Waals surface area contributed by atoms with Gasteiger partial charge in [-0.15, -0.1) is 0 Å². The van der Waals surface area contributed by atoms with Gasteiger partial charge in [0.2, 0.25) is 5.91 Å².